The molecule has 142 valence electrons. The van der Waals surface area contributed by atoms with E-state index < -0.39 is 0 Å². The SMILES string of the molecule is Nc1nc(N2CCCC(c3nccn3Cc3cccnc3)C2)c2[nH]cnc2n1. The van der Waals surface area contributed by atoms with Gasteiger partial charge in [0.05, 0.1) is 12.9 Å². The van der Waals surface area contributed by atoms with E-state index in [-0.39, 0.29) is 5.95 Å². The summed E-state index contributed by atoms with van der Waals surface area (Å²) in [6.45, 7) is 2.52. The van der Waals surface area contributed by atoms with Gasteiger partial charge in [0.2, 0.25) is 5.95 Å². The summed E-state index contributed by atoms with van der Waals surface area (Å²) in [5, 5.41) is 0. The number of pyridine rings is 1. The first-order valence-electron chi connectivity index (χ1n) is 9.39. The zero-order chi connectivity index (χ0) is 18.9. The molecule has 1 unspecified atom stereocenters. The van der Waals surface area contributed by atoms with Crippen LogP contribution in [0.25, 0.3) is 11.2 Å². The Labute approximate surface area is 161 Å². The van der Waals surface area contributed by atoms with E-state index in [1.54, 1.807) is 12.5 Å². The molecule has 1 fully saturated rings. The monoisotopic (exact) mass is 375 g/mol. The summed E-state index contributed by atoms with van der Waals surface area (Å²) >= 11 is 0. The van der Waals surface area contributed by atoms with Gasteiger partial charge in [-0.05, 0) is 24.5 Å². The zero-order valence-corrected chi connectivity index (χ0v) is 15.4. The fourth-order valence-corrected chi connectivity index (χ4v) is 3.95. The maximum Gasteiger partial charge on any atom is 0.224 e. The highest BCUT2D eigenvalue weighted by molar-refractivity contribution is 5.84. The normalized spacial score (nSPS) is 17.3. The zero-order valence-electron chi connectivity index (χ0n) is 15.4. The lowest BCUT2D eigenvalue weighted by atomic mass is 9.97. The van der Waals surface area contributed by atoms with Crippen LogP contribution in [0.4, 0.5) is 11.8 Å². The number of nitrogen functional groups attached to an aromatic ring is 1. The topological polar surface area (TPSA) is 114 Å². The lowest BCUT2D eigenvalue weighted by Crippen LogP contribution is -2.36. The number of aromatic amines is 1. The third kappa shape index (κ3) is 3.04. The number of nitrogens with two attached hydrogens (primary N) is 1. The van der Waals surface area contributed by atoms with E-state index in [2.05, 4.69) is 45.4 Å². The summed E-state index contributed by atoms with van der Waals surface area (Å²) in [5.74, 6) is 2.47. The summed E-state index contributed by atoms with van der Waals surface area (Å²) in [6, 6.07) is 4.05. The predicted molar refractivity (Wildman–Crippen MR) is 106 cm³/mol. The summed E-state index contributed by atoms with van der Waals surface area (Å²) < 4.78 is 2.21. The average Bonchev–Trinajstić information content (AvgIpc) is 3.37. The van der Waals surface area contributed by atoms with Crippen molar-refractivity contribution in [1.82, 2.24) is 34.5 Å². The first-order valence-corrected chi connectivity index (χ1v) is 9.39. The van der Waals surface area contributed by atoms with Crippen LogP contribution in [0.5, 0.6) is 0 Å². The molecule has 9 heteroatoms. The molecule has 1 atom stereocenters. The van der Waals surface area contributed by atoms with Gasteiger partial charge in [-0.15, -0.1) is 0 Å². The van der Waals surface area contributed by atoms with Crippen LogP contribution in [0.3, 0.4) is 0 Å². The molecule has 0 amide bonds. The van der Waals surface area contributed by atoms with Crippen molar-refractivity contribution in [3.8, 4) is 0 Å². The van der Waals surface area contributed by atoms with Crippen molar-refractivity contribution in [2.75, 3.05) is 23.7 Å². The van der Waals surface area contributed by atoms with Gasteiger partial charge in [0, 0.05) is 43.8 Å². The molecule has 4 aromatic heterocycles. The minimum absolute atomic E-state index is 0.245. The van der Waals surface area contributed by atoms with E-state index >= 15 is 0 Å². The van der Waals surface area contributed by atoms with Crippen LogP contribution in [0.1, 0.15) is 30.1 Å². The fraction of sp³-hybridized carbons (Fsp3) is 0.316. The molecule has 3 N–H and O–H groups in total. The number of hydrogen-bond acceptors (Lipinski definition) is 7. The molecule has 0 aliphatic carbocycles. The van der Waals surface area contributed by atoms with Crippen molar-refractivity contribution < 1.29 is 0 Å². The number of nitrogens with one attached hydrogen (secondary N) is 1. The van der Waals surface area contributed by atoms with Crippen molar-refractivity contribution in [2.24, 2.45) is 0 Å². The van der Waals surface area contributed by atoms with E-state index in [1.165, 1.54) is 0 Å². The molecule has 5 heterocycles. The van der Waals surface area contributed by atoms with E-state index in [0.29, 0.717) is 11.6 Å². The quantitative estimate of drug-likeness (QED) is 0.560. The van der Waals surface area contributed by atoms with Gasteiger partial charge in [0.15, 0.2) is 11.5 Å². The number of rotatable bonds is 4. The number of nitrogens with zero attached hydrogens (tertiary/aromatic N) is 7. The second kappa shape index (κ2) is 6.91. The Kier molecular flexibility index (Phi) is 4.12. The summed E-state index contributed by atoms with van der Waals surface area (Å²) in [5.41, 5.74) is 8.50. The largest absolute Gasteiger partial charge is 0.368 e. The van der Waals surface area contributed by atoms with Gasteiger partial charge in [-0.2, -0.15) is 9.97 Å². The van der Waals surface area contributed by atoms with Gasteiger partial charge in [-0.1, -0.05) is 6.07 Å². The Balaban J connectivity index is 1.42. The highest BCUT2D eigenvalue weighted by Crippen LogP contribution is 2.31. The molecule has 0 saturated carbocycles. The van der Waals surface area contributed by atoms with Gasteiger partial charge in [-0.3, -0.25) is 4.98 Å². The van der Waals surface area contributed by atoms with E-state index in [9.17, 15) is 0 Å². The molecule has 1 aliphatic rings. The number of hydrogen-bond donors (Lipinski definition) is 2. The Hall–Kier alpha value is -3.49. The van der Waals surface area contributed by atoms with Crippen LogP contribution in [-0.4, -0.2) is 47.6 Å². The Morgan fingerprint density at radius 2 is 2.18 bits per heavy atom. The molecule has 1 saturated heterocycles. The minimum Gasteiger partial charge on any atom is -0.368 e. The Bertz CT molecular complexity index is 1090. The number of anilines is 2. The molecule has 0 spiro atoms. The summed E-state index contributed by atoms with van der Waals surface area (Å²) in [6.07, 6.45) is 11.4. The minimum atomic E-state index is 0.245. The second-order valence-electron chi connectivity index (χ2n) is 7.07. The maximum absolute atomic E-state index is 5.90. The van der Waals surface area contributed by atoms with Crippen LogP contribution in [-0.2, 0) is 6.54 Å². The molecule has 5 rings (SSSR count). The number of fused-ring (bicyclic) bond motifs is 1. The molecular weight excluding hydrogens is 354 g/mol. The van der Waals surface area contributed by atoms with Crippen molar-refractivity contribution >= 4 is 22.9 Å². The number of aromatic nitrogens is 7. The van der Waals surface area contributed by atoms with Gasteiger partial charge in [0.25, 0.3) is 0 Å². The van der Waals surface area contributed by atoms with Crippen LogP contribution in [0, 0.1) is 0 Å². The van der Waals surface area contributed by atoms with Crippen molar-refractivity contribution in [3.05, 3.63) is 54.6 Å². The molecule has 0 aromatic carbocycles. The van der Waals surface area contributed by atoms with Gasteiger partial charge in [-0.25, -0.2) is 9.97 Å². The van der Waals surface area contributed by atoms with Crippen molar-refractivity contribution in [2.45, 2.75) is 25.3 Å². The standard InChI is InChI=1S/C19H21N9/c20-19-25-16-15(23-12-24-16)18(26-19)27-7-2-4-14(11-27)17-22-6-8-28(17)10-13-3-1-5-21-9-13/h1,3,5-6,8-9,12,14H,2,4,7,10-11H2,(H3,20,23,24,25,26). The Morgan fingerprint density at radius 3 is 3.07 bits per heavy atom. The van der Waals surface area contributed by atoms with Crippen LogP contribution >= 0.6 is 0 Å². The fourth-order valence-electron chi connectivity index (χ4n) is 3.95. The van der Waals surface area contributed by atoms with Crippen molar-refractivity contribution in [3.63, 3.8) is 0 Å². The molecular formula is C19H21N9. The van der Waals surface area contributed by atoms with Gasteiger partial charge in [0.1, 0.15) is 11.3 Å². The number of H-pyrrole nitrogens is 1. The van der Waals surface area contributed by atoms with E-state index in [4.69, 9.17) is 5.73 Å². The average molecular weight is 375 g/mol. The first kappa shape index (κ1) is 16.7. The summed E-state index contributed by atoms with van der Waals surface area (Å²) in [4.78, 5) is 27.2. The Morgan fingerprint density at radius 1 is 1.21 bits per heavy atom. The number of piperidine rings is 1. The van der Waals surface area contributed by atoms with Gasteiger partial charge < -0.3 is 20.2 Å². The number of imidazole rings is 2. The second-order valence-corrected chi connectivity index (χ2v) is 7.07. The predicted octanol–water partition coefficient (Wildman–Crippen LogP) is 1.96. The van der Waals surface area contributed by atoms with Gasteiger partial charge >= 0.3 is 0 Å². The third-order valence-corrected chi connectivity index (χ3v) is 5.19. The molecule has 9 nitrogen and oxygen atoms in total. The van der Waals surface area contributed by atoms with Crippen molar-refractivity contribution in [1.29, 1.82) is 0 Å². The highest BCUT2D eigenvalue weighted by Gasteiger charge is 2.27. The van der Waals surface area contributed by atoms with E-state index in [1.807, 2.05) is 24.7 Å². The summed E-state index contributed by atoms with van der Waals surface area (Å²) in [7, 11) is 0. The molecule has 0 radical (unpaired) electrons. The molecule has 28 heavy (non-hydrogen) atoms. The molecule has 4 aromatic rings. The molecule has 0 bridgehead atoms. The lowest BCUT2D eigenvalue weighted by molar-refractivity contribution is 0.474. The maximum atomic E-state index is 5.90. The highest BCUT2D eigenvalue weighted by atomic mass is 15.2. The smallest absolute Gasteiger partial charge is 0.224 e. The van der Waals surface area contributed by atoms with E-state index in [0.717, 1.165) is 55.2 Å². The third-order valence-electron chi connectivity index (χ3n) is 5.19. The van der Waals surface area contributed by atoms with Crippen LogP contribution in [0.15, 0.2) is 43.2 Å². The van der Waals surface area contributed by atoms with Crippen LogP contribution < -0.4 is 10.6 Å². The molecule has 1 aliphatic heterocycles. The first-order chi connectivity index (χ1) is 13.8. The van der Waals surface area contributed by atoms with Crippen LogP contribution in [0.2, 0.25) is 0 Å². The lowest BCUT2D eigenvalue weighted by Gasteiger charge is -2.33.